The Balaban J connectivity index is 2.64. The lowest BCUT2D eigenvalue weighted by Gasteiger charge is -2.10. The van der Waals surface area contributed by atoms with E-state index in [2.05, 4.69) is 17.2 Å². The number of halogens is 1. The second-order valence-corrected chi connectivity index (χ2v) is 3.60. The summed E-state index contributed by atoms with van der Waals surface area (Å²) >= 11 is 0. The van der Waals surface area contributed by atoms with Crippen LogP contribution < -0.4 is 10.1 Å². The third-order valence-electron chi connectivity index (χ3n) is 2.19. The quantitative estimate of drug-likeness (QED) is 0.725. The van der Waals surface area contributed by atoms with Crippen molar-refractivity contribution in [1.82, 2.24) is 10.3 Å². The topological polar surface area (TPSA) is 34.1 Å². The first-order valence-electron chi connectivity index (χ1n) is 5.75. The lowest BCUT2D eigenvalue weighted by molar-refractivity contribution is 0.292. The number of hydrogen-bond donors (Lipinski definition) is 1. The van der Waals surface area contributed by atoms with Gasteiger partial charge in [0.1, 0.15) is 5.82 Å². The molecule has 1 N–H and O–H groups in total. The van der Waals surface area contributed by atoms with Gasteiger partial charge < -0.3 is 10.1 Å². The zero-order valence-electron chi connectivity index (χ0n) is 9.92. The number of rotatable bonds is 7. The smallest absolute Gasteiger partial charge is 0.218 e. The molecule has 16 heavy (non-hydrogen) atoms. The zero-order valence-corrected chi connectivity index (χ0v) is 9.92. The van der Waals surface area contributed by atoms with Crippen LogP contribution in [0, 0.1) is 5.82 Å². The summed E-state index contributed by atoms with van der Waals surface area (Å²) in [5, 5.41) is 3.14. The van der Waals surface area contributed by atoms with Gasteiger partial charge in [0.15, 0.2) is 0 Å². The van der Waals surface area contributed by atoms with Gasteiger partial charge in [-0.15, -0.1) is 0 Å². The monoisotopic (exact) mass is 226 g/mol. The van der Waals surface area contributed by atoms with Gasteiger partial charge >= 0.3 is 0 Å². The van der Waals surface area contributed by atoms with Crippen molar-refractivity contribution in [2.45, 2.75) is 33.2 Å². The molecular weight excluding hydrogens is 207 g/mol. The lowest BCUT2D eigenvalue weighted by atomic mass is 10.2. The van der Waals surface area contributed by atoms with Crippen LogP contribution >= 0.6 is 0 Å². The maximum absolute atomic E-state index is 13.0. The number of nitrogens with one attached hydrogen (secondary N) is 1. The second kappa shape index (κ2) is 7.17. The number of aromatic nitrogens is 1. The minimum Gasteiger partial charge on any atom is -0.477 e. The molecule has 0 fully saturated rings. The molecular formula is C12H19FN2O. The molecule has 1 aromatic heterocycles. The van der Waals surface area contributed by atoms with E-state index >= 15 is 0 Å². The van der Waals surface area contributed by atoms with E-state index in [4.69, 9.17) is 4.74 Å². The van der Waals surface area contributed by atoms with Crippen LogP contribution in [0.2, 0.25) is 0 Å². The van der Waals surface area contributed by atoms with E-state index < -0.39 is 0 Å². The van der Waals surface area contributed by atoms with Crippen molar-refractivity contribution in [3.8, 4) is 5.88 Å². The fourth-order valence-electron chi connectivity index (χ4n) is 1.30. The third kappa shape index (κ3) is 4.14. The summed E-state index contributed by atoms with van der Waals surface area (Å²) in [5.41, 5.74) is 0.776. The molecule has 90 valence electrons. The Bertz CT molecular complexity index is 318. The molecule has 0 spiro atoms. The van der Waals surface area contributed by atoms with Crippen molar-refractivity contribution < 1.29 is 9.13 Å². The van der Waals surface area contributed by atoms with E-state index in [-0.39, 0.29) is 5.82 Å². The van der Waals surface area contributed by atoms with Gasteiger partial charge in [0.2, 0.25) is 5.88 Å². The fraction of sp³-hybridized carbons (Fsp3) is 0.583. The molecule has 0 aliphatic rings. The van der Waals surface area contributed by atoms with Gasteiger partial charge in [0.25, 0.3) is 0 Å². The first kappa shape index (κ1) is 12.9. The van der Waals surface area contributed by atoms with Crippen LogP contribution in [0.3, 0.4) is 0 Å². The standard InChI is InChI=1S/C12H19FN2O/c1-3-5-6-16-12-10(8-14-4-2)7-11(13)9-15-12/h7,9,14H,3-6,8H2,1-2H3. The maximum atomic E-state index is 13.0. The highest BCUT2D eigenvalue weighted by molar-refractivity contribution is 5.26. The molecule has 0 saturated heterocycles. The van der Waals surface area contributed by atoms with Crippen molar-refractivity contribution in [1.29, 1.82) is 0 Å². The molecule has 0 radical (unpaired) electrons. The molecule has 0 saturated carbocycles. The first-order chi connectivity index (χ1) is 7.77. The lowest BCUT2D eigenvalue weighted by Crippen LogP contribution is -2.14. The first-order valence-corrected chi connectivity index (χ1v) is 5.75. The third-order valence-corrected chi connectivity index (χ3v) is 2.19. The van der Waals surface area contributed by atoms with Gasteiger partial charge in [-0.05, 0) is 19.0 Å². The summed E-state index contributed by atoms with van der Waals surface area (Å²) in [6, 6.07) is 1.47. The van der Waals surface area contributed by atoms with Crippen LogP contribution in [-0.2, 0) is 6.54 Å². The highest BCUT2D eigenvalue weighted by Gasteiger charge is 2.06. The Labute approximate surface area is 96.0 Å². The van der Waals surface area contributed by atoms with Gasteiger partial charge in [-0.25, -0.2) is 9.37 Å². The van der Waals surface area contributed by atoms with Crippen molar-refractivity contribution in [2.75, 3.05) is 13.2 Å². The highest BCUT2D eigenvalue weighted by Crippen LogP contribution is 2.16. The highest BCUT2D eigenvalue weighted by atomic mass is 19.1. The van der Waals surface area contributed by atoms with E-state index in [0.717, 1.165) is 24.9 Å². The van der Waals surface area contributed by atoms with E-state index in [1.165, 1.54) is 12.3 Å². The maximum Gasteiger partial charge on any atom is 0.218 e. The molecule has 0 aliphatic carbocycles. The van der Waals surface area contributed by atoms with Crippen molar-refractivity contribution in [3.63, 3.8) is 0 Å². The molecule has 0 unspecified atom stereocenters. The van der Waals surface area contributed by atoms with Crippen LogP contribution in [0.4, 0.5) is 4.39 Å². The zero-order chi connectivity index (χ0) is 11.8. The molecule has 0 atom stereocenters. The molecule has 0 aromatic carbocycles. The SMILES string of the molecule is CCCCOc1ncc(F)cc1CNCC. The van der Waals surface area contributed by atoms with Gasteiger partial charge in [-0.2, -0.15) is 0 Å². The van der Waals surface area contributed by atoms with Gasteiger partial charge in [-0.1, -0.05) is 20.3 Å². The molecule has 1 rings (SSSR count). The van der Waals surface area contributed by atoms with Crippen molar-refractivity contribution in [2.24, 2.45) is 0 Å². The van der Waals surface area contributed by atoms with Gasteiger partial charge in [0, 0.05) is 12.1 Å². The van der Waals surface area contributed by atoms with Crippen molar-refractivity contribution >= 4 is 0 Å². The molecule has 0 aliphatic heterocycles. The molecule has 4 heteroatoms. The summed E-state index contributed by atoms with van der Waals surface area (Å²) in [5.74, 6) is 0.214. The molecule has 1 heterocycles. The summed E-state index contributed by atoms with van der Waals surface area (Å²) in [7, 11) is 0. The average molecular weight is 226 g/mol. The van der Waals surface area contributed by atoms with E-state index in [1.54, 1.807) is 0 Å². The summed E-state index contributed by atoms with van der Waals surface area (Å²) in [4.78, 5) is 3.97. The molecule has 0 amide bonds. The van der Waals surface area contributed by atoms with Gasteiger partial charge in [0.05, 0.1) is 12.8 Å². The Morgan fingerprint density at radius 3 is 2.94 bits per heavy atom. The van der Waals surface area contributed by atoms with E-state index in [9.17, 15) is 4.39 Å². The molecule has 1 aromatic rings. The Morgan fingerprint density at radius 1 is 1.44 bits per heavy atom. The number of pyridine rings is 1. The average Bonchev–Trinajstić information content (AvgIpc) is 2.29. The number of hydrogen-bond acceptors (Lipinski definition) is 3. The summed E-state index contributed by atoms with van der Waals surface area (Å²) in [6.07, 6.45) is 3.25. The van der Waals surface area contributed by atoms with Crippen LogP contribution in [0.25, 0.3) is 0 Å². The van der Waals surface area contributed by atoms with E-state index in [0.29, 0.717) is 19.0 Å². The van der Waals surface area contributed by atoms with Crippen LogP contribution in [0.5, 0.6) is 5.88 Å². The predicted octanol–water partition coefficient (Wildman–Crippen LogP) is 2.51. The van der Waals surface area contributed by atoms with Crippen molar-refractivity contribution in [3.05, 3.63) is 23.6 Å². The predicted molar refractivity (Wildman–Crippen MR) is 62.0 cm³/mol. The Hall–Kier alpha value is -1.16. The Kier molecular flexibility index (Phi) is 5.78. The van der Waals surface area contributed by atoms with Crippen LogP contribution in [0.15, 0.2) is 12.3 Å². The minimum atomic E-state index is -0.323. The number of nitrogens with zero attached hydrogens (tertiary/aromatic N) is 1. The van der Waals surface area contributed by atoms with Gasteiger partial charge in [-0.3, -0.25) is 0 Å². The van der Waals surface area contributed by atoms with Crippen LogP contribution in [0.1, 0.15) is 32.3 Å². The number of unbranched alkanes of at least 4 members (excludes halogenated alkanes) is 1. The largest absolute Gasteiger partial charge is 0.477 e. The molecule has 3 nitrogen and oxygen atoms in total. The summed E-state index contributed by atoms with van der Waals surface area (Å²) < 4.78 is 18.5. The fourth-order valence-corrected chi connectivity index (χ4v) is 1.30. The summed E-state index contributed by atoms with van der Waals surface area (Å²) in [6.45, 7) is 6.16. The van der Waals surface area contributed by atoms with Crippen LogP contribution in [-0.4, -0.2) is 18.1 Å². The normalized spacial score (nSPS) is 10.4. The number of ether oxygens (including phenoxy) is 1. The molecule has 0 bridgehead atoms. The second-order valence-electron chi connectivity index (χ2n) is 3.60. The minimum absolute atomic E-state index is 0.323. The van der Waals surface area contributed by atoms with E-state index in [1.807, 2.05) is 6.92 Å². The Morgan fingerprint density at radius 2 is 2.25 bits per heavy atom.